The second kappa shape index (κ2) is 39.6. The van der Waals surface area contributed by atoms with E-state index in [9.17, 15) is 19.5 Å². The minimum absolute atomic E-state index is 0.0533. The number of esters is 2. The fourth-order valence-electron chi connectivity index (χ4n) is 6.89. The average molecular weight is 793 g/mol. The Bertz CT molecular complexity index is 973. The molecule has 0 radical (unpaired) electrons. The van der Waals surface area contributed by atoms with Crippen molar-refractivity contribution in [2.75, 3.05) is 41.0 Å². The van der Waals surface area contributed by atoms with Crippen molar-refractivity contribution in [1.82, 2.24) is 0 Å². The van der Waals surface area contributed by atoms with Crippen LogP contribution in [0.25, 0.3) is 0 Å². The Kier molecular flexibility index (Phi) is 38.1. The van der Waals surface area contributed by atoms with E-state index in [-0.39, 0.29) is 36.2 Å². The van der Waals surface area contributed by atoms with Crippen molar-refractivity contribution in [3.63, 3.8) is 0 Å². The molecule has 0 aliphatic carbocycles. The number of carbonyl (C=O) groups excluding carboxylic acids is 2. The van der Waals surface area contributed by atoms with E-state index in [0.717, 1.165) is 51.4 Å². The number of likely N-dealkylation sites (N-methyl/N-ethyl adjacent to an activating group) is 1. The van der Waals surface area contributed by atoms with E-state index in [4.69, 9.17) is 14.2 Å². The van der Waals surface area contributed by atoms with Gasteiger partial charge in [-0.1, -0.05) is 160 Å². The molecule has 0 amide bonds. The summed E-state index contributed by atoms with van der Waals surface area (Å²) in [6, 6.07) is -0.613. The summed E-state index contributed by atoms with van der Waals surface area (Å²) in [5.41, 5.74) is 0. The number of ether oxygens (including phenoxy) is 3. The predicted octanol–water partition coefficient (Wildman–Crippen LogP) is 12.9. The summed E-state index contributed by atoms with van der Waals surface area (Å²) in [6.07, 6.45) is 43.7. The largest absolute Gasteiger partial charge is 0.477 e. The van der Waals surface area contributed by atoms with E-state index < -0.39 is 18.1 Å². The summed E-state index contributed by atoms with van der Waals surface area (Å²) in [7, 11) is 5.53. The van der Waals surface area contributed by atoms with Crippen molar-refractivity contribution in [2.24, 2.45) is 0 Å². The molecule has 8 heteroatoms. The van der Waals surface area contributed by atoms with Gasteiger partial charge >= 0.3 is 17.9 Å². The summed E-state index contributed by atoms with van der Waals surface area (Å²) in [6.45, 7) is 4.70. The highest BCUT2D eigenvalue weighted by molar-refractivity contribution is 5.72. The van der Waals surface area contributed by atoms with Gasteiger partial charge in [0, 0.05) is 19.3 Å². The quantitative estimate of drug-likeness (QED) is 0.0284. The van der Waals surface area contributed by atoms with E-state index in [1.54, 1.807) is 0 Å². The van der Waals surface area contributed by atoms with Gasteiger partial charge in [-0.15, -0.1) is 0 Å². The molecule has 0 aromatic heterocycles. The molecule has 0 bridgehead atoms. The molecule has 2 unspecified atom stereocenters. The van der Waals surface area contributed by atoms with E-state index in [1.165, 1.54) is 128 Å². The second-order valence-corrected chi connectivity index (χ2v) is 17.0. The van der Waals surface area contributed by atoms with Crippen LogP contribution in [0.5, 0.6) is 0 Å². The van der Waals surface area contributed by atoms with Crippen LogP contribution in [0.1, 0.15) is 213 Å². The highest BCUT2D eigenvalue weighted by atomic mass is 16.6. The third kappa shape index (κ3) is 37.4. The van der Waals surface area contributed by atoms with Gasteiger partial charge in [0.15, 0.2) is 12.1 Å². The van der Waals surface area contributed by atoms with Crippen molar-refractivity contribution < 1.29 is 38.2 Å². The topological polar surface area (TPSA) is 99.1 Å². The summed E-state index contributed by atoms with van der Waals surface area (Å²) < 4.78 is 17.3. The number of carboxylic acids is 1. The fourth-order valence-corrected chi connectivity index (χ4v) is 6.89. The molecule has 0 aromatic carbocycles. The first-order chi connectivity index (χ1) is 27.1. The summed E-state index contributed by atoms with van der Waals surface area (Å²) in [4.78, 5) is 37.0. The zero-order valence-electron chi connectivity index (χ0n) is 37.3. The maximum atomic E-state index is 12.7. The normalized spacial score (nSPS) is 13.1. The van der Waals surface area contributed by atoms with Gasteiger partial charge in [0.1, 0.15) is 6.61 Å². The number of quaternary nitrogens is 1. The van der Waals surface area contributed by atoms with Gasteiger partial charge in [-0.2, -0.15) is 0 Å². The van der Waals surface area contributed by atoms with Crippen LogP contribution in [-0.4, -0.2) is 80.6 Å². The van der Waals surface area contributed by atoms with Gasteiger partial charge in [-0.25, -0.2) is 4.79 Å². The lowest BCUT2D eigenvalue weighted by molar-refractivity contribution is -0.887. The number of rotatable bonds is 42. The van der Waals surface area contributed by atoms with Crippen LogP contribution in [0.2, 0.25) is 0 Å². The van der Waals surface area contributed by atoms with Crippen LogP contribution in [0.15, 0.2) is 24.3 Å². The molecule has 0 rings (SSSR count). The van der Waals surface area contributed by atoms with E-state index in [2.05, 4.69) is 38.2 Å². The maximum absolute atomic E-state index is 12.7. The first-order valence-corrected chi connectivity index (χ1v) is 23.4. The van der Waals surface area contributed by atoms with Gasteiger partial charge in [0.25, 0.3) is 0 Å². The molecule has 1 N–H and O–H groups in total. The monoisotopic (exact) mass is 793 g/mol. The Hall–Kier alpha value is -2.19. The Labute approximate surface area is 345 Å². The van der Waals surface area contributed by atoms with E-state index >= 15 is 0 Å². The summed E-state index contributed by atoms with van der Waals surface area (Å²) >= 11 is 0. The van der Waals surface area contributed by atoms with Gasteiger partial charge in [0.2, 0.25) is 0 Å². The molecule has 0 aromatic rings. The zero-order valence-corrected chi connectivity index (χ0v) is 37.3. The van der Waals surface area contributed by atoms with Crippen LogP contribution in [0, 0.1) is 0 Å². The third-order valence-corrected chi connectivity index (χ3v) is 10.6. The number of nitrogens with zero attached hydrogens (tertiary/aromatic N) is 1. The second-order valence-electron chi connectivity index (χ2n) is 17.0. The molecule has 56 heavy (non-hydrogen) atoms. The number of hydrogen-bond acceptors (Lipinski definition) is 6. The molecule has 0 spiro atoms. The highest BCUT2D eigenvalue weighted by Gasteiger charge is 2.31. The van der Waals surface area contributed by atoms with Gasteiger partial charge in [-0.05, 0) is 57.8 Å². The smallest absolute Gasteiger partial charge is 0.362 e. The lowest BCUT2D eigenvalue weighted by atomic mass is 10.1. The molecule has 328 valence electrons. The maximum Gasteiger partial charge on any atom is 0.362 e. The third-order valence-electron chi connectivity index (χ3n) is 10.6. The minimum Gasteiger partial charge on any atom is -0.477 e. The molecule has 0 aliphatic rings. The molecule has 0 saturated heterocycles. The highest BCUT2D eigenvalue weighted by Crippen LogP contribution is 2.15. The summed E-state index contributed by atoms with van der Waals surface area (Å²) in [5.74, 6) is -1.47. The Morgan fingerprint density at radius 1 is 0.518 bits per heavy atom. The molecule has 0 aliphatic heterocycles. The molecule has 0 fully saturated rings. The van der Waals surface area contributed by atoms with Crippen LogP contribution in [-0.2, 0) is 28.6 Å². The molecule has 0 saturated carbocycles. The van der Waals surface area contributed by atoms with Crippen LogP contribution < -0.4 is 0 Å². The van der Waals surface area contributed by atoms with Crippen molar-refractivity contribution in [1.29, 1.82) is 0 Å². The van der Waals surface area contributed by atoms with Crippen LogP contribution in [0.3, 0.4) is 0 Å². The van der Waals surface area contributed by atoms with Gasteiger partial charge < -0.3 is 23.8 Å². The van der Waals surface area contributed by atoms with E-state index in [0.29, 0.717) is 19.3 Å². The SMILES string of the molecule is CCCC/C=C\CCCCCCCC(=O)OCC(COCCC(C(=O)O)[N+](C)(C)C)OC(=O)CCCCCCCCCCC/C=C\CCCCCCCCCC. The number of hydrogen-bond donors (Lipinski definition) is 1. The zero-order chi connectivity index (χ0) is 41.4. The molecule has 2 atom stereocenters. The number of aliphatic carboxylic acids is 1. The number of unbranched alkanes of at least 4 members (excludes halogenated alkanes) is 24. The Balaban J connectivity index is 4.24. The van der Waals surface area contributed by atoms with Crippen LogP contribution in [0.4, 0.5) is 0 Å². The van der Waals surface area contributed by atoms with Gasteiger partial charge in [0.05, 0.1) is 34.4 Å². The summed E-state index contributed by atoms with van der Waals surface area (Å²) in [5, 5.41) is 9.62. The number of allylic oxidation sites excluding steroid dienone is 4. The van der Waals surface area contributed by atoms with Crippen molar-refractivity contribution in [3.8, 4) is 0 Å². The molecule has 8 nitrogen and oxygen atoms in total. The Morgan fingerprint density at radius 2 is 0.911 bits per heavy atom. The average Bonchev–Trinajstić information content (AvgIpc) is 3.15. The number of carbonyl (C=O) groups is 3. The molecular weight excluding hydrogens is 703 g/mol. The fraction of sp³-hybridized carbons (Fsp3) is 0.854. The number of carboxylic acid groups (broad SMARTS) is 1. The predicted molar refractivity (Wildman–Crippen MR) is 234 cm³/mol. The lowest BCUT2D eigenvalue weighted by Crippen LogP contribution is -2.50. The minimum atomic E-state index is -0.875. The van der Waals surface area contributed by atoms with Crippen LogP contribution >= 0.6 is 0 Å². The standard InChI is InChI=1S/C48H89NO7/c1-6-8-10-12-14-16-18-19-20-21-22-23-24-25-26-27-29-31-33-35-37-39-47(51)56-44(42-54-41-40-45(48(52)53)49(3,4)5)43-55-46(50)38-36-34-32-30-28-17-15-13-11-9-7-2/h13,15,21-22,44-45H,6-12,14,16-20,23-43H2,1-5H3/p+1/b15-13-,22-21-. The molecule has 0 heterocycles. The van der Waals surface area contributed by atoms with Crippen molar-refractivity contribution in [2.45, 2.75) is 225 Å². The lowest BCUT2D eigenvalue weighted by Gasteiger charge is -2.31. The van der Waals surface area contributed by atoms with E-state index in [1.807, 2.05) is 21.1 Å². The van der Waals surface area contributed by atoms with Crippen molar-refractivity contribution in [3.05, 3.63) is 24.3 Å². The Morgan fingerprint density at radius 3 is 1.34 bits per heavy atom. The molecular formula is C48H90NO7+. The first kappa shape index (κ1) is 53.8. The van der Waals surface area contributed by atoms with Crippen molar-refractivity contribution >= 4 is 17.9 Å². The first-order valence-electron chi connectivity index (χ1n) is 23.4. The van der Waals surface area contributed by atoms with Gasteiger partial charge in [-0.3, -0.25) is 9.59 Å².